The highest BCUT2D eigenvalue weighted by Crippen LogP contribution is 2.29. The molecule has 0 saturated carbocycles. The Morgan fingerprint density at radius 2 is 1.88 bits per heavy atom. The number of imidazole rings is 1. The van der Waals surface area contributed by atoms with Gasteiger partial charge in [0.1, 0.15) is 5.82 Å². The zero-order chi connectivity index (χ0) is 22.9. The quantitative estimate of drug-likeness (QED) is 0.417. The summed E-state index contributed by atoms with van der Waals surface area (Å²) >= 11 is 4.64. The van der Waals surface area contributed by atoms with Gasteiger partial charge in [0.25, 0.3) is 10.0 Å². The van der Waals surface area contributed by atoms with Crippen LogP contribution in [0.2, 0.25) is 0 Å². The number of rotatable bonds is 6. The number of ether oxygens (including phenoxy) is 1. The van der Waals surface area contributed by atoms with E-state index in [0.717, 1.165) is 5.39 Å². The van der Waals surface area contributed by atoms with Crippen molar-refractivity contribution in [2.75, 3.05) is 6.61 Å². The van der Waals surface area contributed by atoms with Gasteiger partial charge in [0.2, 0.25) is 0 Å². The number of benzene rings is 2. The lowest BCUT2D eigenvalue weighted by Gasteiger charge is -2.14. The molecule has 0 spiro atoms. The van der Waals surface area contributed by atoms with Crippen LogP contribution in [0.15, 0.2) is 71.9 Å². The zero-order valence-electron chi connectivity index (χ0n) is 17.7. The third kappa shape index (κ3) is 4.05. The van der Waals surface area contributed by atoms with Gasteiger partial charge in [-0.15, -0.1) is 0 Å². The van der Waals surface area contributed by atoms with Gasteiger partial charge in [0, 0.05) is 29.9 Å². The lowest BCUT2D eigenvalue weighted by Crippen LogP contribution is -2.16. The molecule has 7 nitrogen and oxygen atoms in total. The molecule has 0 bridgehead atoms. The molecule has 0 N–H and O–H groups in total. The number of aryl methyl sites for hydroxylation is 1. The summed E-state index contributed by atoms with van der Waals surface area (Å²) in [5.41, 5.74) is 1.13. The Balaban J connectivity index is 1.66. The van der Waals surface area contributed by atoms with Crippen molar-refractivity contribution < 1.29 is 17.9 Å². The Labute approximate surface area is 192 Å². The number of carbonyl (C=O) groups excluding carboxylic acids is 1. The second kappa shape index (κ2) is 8.84. The molecule has 0 aliphatic carbocycles. The maximum absolute atomic E-state index is 13.5. The Kier molecular flexibility index (Phi) is 6.12. The number of carbonyl (C=O) groups is 1. The number of fused-ring (bicyclic) bond motifs is 1. The number of thiol groups is 1. The predicted octanol–water partition coefficient (Wildman–Crippen LogP) is 4.60. The first-order chi connectivity index (χ1) is 15.3. The van der Waals surface area contributed by atoms with E-state index in [0.29, 0.717) is 29.0 Å². The van der Waals surface area contributed by atoms with E-state index in [1.165, 1.54) is 14.7 Å². The first-order valence-corrected chi connectivity index (χ1v) is 12.1. The SMILES string of the molecule is CCOC(=O)n1cc(C(S)Cc2cccn2S(=O)(=O)c2cccc3ccccc23)nc1C. The maximum Gasteiger partial charge on any atom is 0.419 e. The molecular formula is C23H23N3O4S2. The van der Waals surface area contributed by atoms with Gasteiger partial charge in [-0.05, 0) is 37.4 Å². The summed E-state index contributed by atoms with van der Waals surface area (Å²) in [5.74, 6) is 0.483. The van der Waals surface area contributed by atoms with E-state index in [-0.39, 0.29) is 11.5 Å². The molecule has 9 heteroatoms. The second-order valence-electron chi connectivity index (χ2n) is 7.28. The molecule has 0 fully saturated rings. The van der Waals surface area contributed by atoms with Crippen molar-refractivity contribution in [3.8, 4) is 0 Å². The lowest BCUT2D eigenvalue weighted by atomic mass is 10.1. The Bertz CT molecular complexity index is 1380. The first-order valence-electron chi connectivity index (χ1n) is 10.1. The molecule has 1 unspecified atom stereocenters. The average molecular weight is 470 g/mol. The molecule has 0 amide bonds. The molecule has 166 valence electrons. The molecule has 0 saturated heterocycles. The molecule has 1 atom stereocenters. The molecule has 2 aromatic heterocycles. The topological polar surface area (TPSA) is 83.2 Å². The molecule has 0 radical (unpaired) electrons. The molecule has 4 rings (SSSR count). The minimum absolute atomic E-state index is 0.242. The van der Waals surface area contributed by atoms with Gasteiger partial charge in [0.05, 0.1) is 22.4 Å². The second-order valence-corrected chi connectivity index (χ2v) is 9.69. The van der Waals surface area contributed by atoms with Crippen LogP contribution < -0.4 is 0 Å². The zero-order valence-corrected chi connectivity index (χ0v) is 19.4. The van der Waals surface area contributed by atoms with Crippen molar-refractivity contribution in [3.63, 3.8) is 0 Å². The summed E-state index contributed by atoms with van der Waals surface area (Å²) in [4.78, 5) is 16.7. The smallest absolute Gasteiger partial charge is 0.419 e. The van der Waals surface area contributed by atoms with E-state index in [4.69, 9.17) is 4.74 Å². The fourth-order valence-corrected chi connectivity index (χ4v) is 5.57. The van der Waals surface area contributed by atoms with E-state index in [1.807, 2.05) is 24.3 Å². The van der Waals surface area contributed by atoms with Crippen LogP contribution in [0.1, 0.15) is 29.4 Å². The van der Waals surface area contributed by atoms with Gasteiger partial charge >= 0.3 is 6.09 Å². The third-order valence-electron chi connectivity index (χ3n) is 5.19. The van der Waals surface area contributed by atoms with Gasteiger partial charge in [-0.25, -0.2) is 26.7 Å². The third-order valence-corrected chi connectivity index (χ3v) is 7.42. The van der Waals surface area contributed by atoms with E-state index in [2.05, 4.69) is 17.6 Å². The van der Waals surface area contributed by atoms with Crippen molar-refractivity contribution in [2.45, 2.75) is 30.4 Å². The Morgan fingerprint density at radius 1 is 1.12 bits per heavy atom. The van der Waals surface area contributed by atoms with Gasteiger partial charge in [0.15, 0.2) is 0 Å². The van der Waals surface area contributed by atoms with Crippen LogP contribution in [0, 0.1) is 6.92 Å². The van der Waals surface area contributed by atoms with E-state index in [1.54, 1.807) is 50.4 Å². The Hall–Kier alpha value is -3.04. The van der Waals surface area contributed by atoms with Crippen LogP contribution in [0.3, 0.4) is 0 Å². The lowest BCUT2D eigenvalue weighted by molar-refractivity contribution is 0.153. The molecule has 0 aliphatic rings. The normalized spacial score (nSPS) is 12.7. The van der Waals surface area contributed by atoms with Crippen LogP contribution in [0.25, 0.3) is 10.8 Å². The average Bonchev–Trinajstić information content (AvgIpc) is 3.40. The number of hydrogen-bond donors (Lipinski definition) is 1. The largest absolute Gasteiger partial charge is 0.449 e. The number of aromatic nitrogens is 3. The number of hydrogen-bond acceptors (Lipinski definition) is 6. The fraction of sp³-hybridized carbons (Fsp3) is 0.217. The molecule has 0 aliphatic heterocycles. The van der Waals surface area contributed by atoms with Crippen molar-refractivity contribution in [3.05, 3.63) is 84.2 Å². The standard InChI is InChI=1S/C23H23N3O4S2/c1-3-30-23(27)25-15-20(24-16(25)2)21(31)14-18-10-7-13-26(18)32(28,29)22-12-6-9-17-8-4-5-11-19(17)22/h4-13,15,21,31H,3,14H2,1-2H3. The highest BCUT2D eigenvalue weighted by atomic mass is 32.2. The predicted molar refractivity (Wildman–Crippen MR) is 126 cm³/mol. The van der Waals surface area contributed by atoms with Gasteiger partial charge in [-0.2, -0.15) is 12.6 Å². The molecule has 2 heterocycles. The summed E-state index contributed by atoms with van der Waals surface area (Å²) < 4.78 is 34.7. The van der Waals surface area contributed by atoms with E-state index >= 15 is 0 Å². The van der Waals surface area contributed by atoms with Gasteiger partial charge in [-0.1, -0.05) is 36.4 Å². The fourth-order valence-electron chi connectivity index (χ4n) is 3.66. The van der Waals surface area contributed by atoms with Crippen LogP contribution in [0.5, 0.6) is 0 Å². The molecule has 4 aromatic rings. The summed E-state index contributed by atoms with van der Waals surface area (Å²) in [6.45, 7) is 3.70. The summed E-state index contributed by atoms with van der Waals surface area (Å²) in [6.07, 6.45) is 2.91. The van der Waals surface area contributed by atoms with Crippen molar-refractivity contribution in [2.24, 2.45) is 0 Å². The minimum atomic E-state index is -3.82. The summed E-state index contributed by atoms with van der Waals surface area (Å²) in [7, 11) is -3.82. The van der Waals surface area contributed by atoms with Gasteiger partial charge < -0.3 is 4.74 Å². The van der Waals surface area contributed by atoms with E-state index < -0.39 is 21.4 Å². The molecular weight excluding hydrogens is 446 g/mol. The van der Waals surface area contributed by atoms with Crippen molar-refractivity contribution in [1.82, 2.24) is 13.5 Å². The monoisotopic (exact) mass is 469 g/mol. The maximum atomic E-state index is 13.5. The van der Waals surface area contributed by atoms with Crippen LogP contribution in [-0.4, -0.2) is 34.6 Å². The highest BCUT2D eigenvalue weighted by Gasteiger charge is 2.24. The van der Waals surface area contributed by atoms with Crippen LogP contribution in [-0.2, 0) is 21.2 Å². The van der Waals surface area contributed by atoms with Crippen molar-refractivity contribution in [1.29, 1.82) is 0 Å². The van der Waals surface area contributed by atoms with Gasteiger partial charge in [-0.3, -0.25) is 0 Å². The highest BCUT2D eigenvalue weighted by molar-refractivity contribution is 7.90. The number of nitrogens with zero attached hydrogens (tertiary/aromatic N) is 3. The minimum Gasteiger partial charge on any atom is -0.449 e. The first kappa shape index (κ1) is 22.2. The van der Waals surface area contributed by atoms with Crippen LogP contribution >= 0.6 is 12.6 Å². The van der Waals surface area contributed by atoms with Crippen LogP contribution in [0.4, 0.5) is 4.79 Å². The molecule has 32 heavy (non-hydrogen) atoms. The molecule has 2 aromatic carbocycles. The summed E-state index contributed by atoms with van der Waals surface area (Å²) in [5, 5.41) is 1.11. The van der Waals surface area contributed by atoms with E-state index in [9.17, 15) is 13.2 Å². The Morgan fingerprint density at radius 3 is 2.66 bits per heavy atom. The summed E-state index contributed by atoms with van der Waals surface area (Å²) in [6, 6.07) is 16.1. The van der Waals surface area contributed by atoms with Crippen molar-refractivity contribution >= 4 is 39.5 Å².